The Balaban J connectivity index is 2.88. The molecule has 2 heteroatoms. The number of hydrogen-bond acceptors (Lipinski definition) is 2. The van der Waals surface area contributed by atoms with Crippen LogP contribution in [-0.2, 0) is 16.7 Å². The topological polar surface area (TPSA) is 35.2 Å². The van der Waals surface area contributed by atoms with Crippen LogP contribution in [0.3, 0.4) is 0 Å². The van der Waals surface area contributed by atoms with Crippen LogP contribution in [0, 0.1) is 0 Å². The molecule has 1 atom stereocenters. The molecule has 0 heterocycles. The third kappa shape index (κ3) is 3.33. The van der Waals surface area contributed by atoms with E-state index in [1.807, 2.05) is 6.92 Å². The SMILES string of the molecule is CCCc1cccc(C(C)(N)COC)c1. The summed E-state index contributed by atoms with van der Waals surface area (Å²) in [6.45, 7) is 4.73. The molecule has 0 saturated carbocycles. The molecular weight excluding hydrogens is 186 g/mol. The van der Waals surface area contributed by atoms with E-state index < -0.39 is 5.54 Å². The lowest BCUT2D eigenvalue weighted by atomic mass is 9.92. The third-order valence-electron chi connectivity index (χ3n) is 2.57. The maximum atomic E-state index is 6.19. The molecule has 0 aromatic heterocycles. The van der Waals surface area contributed by atoms with Crippen LogP contribution in [-0.4, -0.2) is 13.7 Å². The number of methoxy groups -OCH3 is 1. The highest BCUT2D eigenvalue weighted by Crippen LogP contribution is 2.19. The Hall–Kier alpha value is -0.860. The zero-order valence-corrected chi connectivity index (χ0v) is 9.92. The summed E-state index contributed by atoms with van der Waals surface area (Å²) in [4.78, 5) is 0. The molecule has 0 aliphatic rings. The molecule has 0 aliphatic heterocycles. The first-order chi connectivity index (χ1) is 7.10. The minimum absolute atomic E-state index is 0.390. The van der Waals surface area contributed by atoms with Crippen LogP contribution in [0.4, 0.5) is 0 Å². The lowest BCUT2D eigenvalue weighted by Crippen LogP contribution is -2.37. The highest BCUT2D eigenvalue weighted by Gasteiger charge is 2.20. The number of hydrogen-bond donors (Lipinski definition) is 1. The van der Waals surface area contributed by atoms with Gasteiger partial charge in [0.25, 0.3) is 0 Å². The van der Waals surface area contributed by atoms with Crippen molar-refractivity contribution in [2.75, 3.05) is 13.7 Å². The predicted molar refractivity (Wildman–Crippen MR) is 63.9 cm³/mol. The van der Waals surface area contributed by atoms with Crippen molar-refractivity contribution in [3.8, 4) is 0 Å². The van der Waals surface area contributed by atoms with E-state index in [0.29, 0.717) is 6.61 Å². The minimum atomic E-state index is -0.390. The van der Waals surface area contributed by atoms with E-state index in [-0.39, 0.29) is 0 Å². The van der Waals surface area contributed by atoms with Crippen LogP contribution in [0.1, 0.15) is 31.4 Å². The molecule has 2 N–H and O–H groups in total. The molecule has 0 spiro atoms. The van der Waals surface area contributed by atoms with E-state index >= 15 is 0 Å². The Bertz CT molecular complexity index is 307. The van der Waals surface area contributed by atoms with Gasteiger partial charge in [-0.25, -0.2) is 0 Å². The summed E-state index contributed by atoms with van der Waals surface area (Å²) >= 11 is 0. The minimum Gasteiger partial charge on any atom is -0.382 e. The van der Waals surface area contributed by atoms with Gasteiger partial charge in [-0.3, -0.25) is 0 Å². The van der Waals surface area contributed by atoms with E-state index in [1.54, 1.807) is 7.11 Å². The summed E-state index contributed by atoms with van der Waals surface area (Å²) < 4.78 is 5.14. The van der Waals surface area contributed by atoms with Gasteiger partial charge in [0, 0.05) is 7.11 Å². The molecule has 84 valence electrons. The summed E-state index contributed by atoms with van der Waals surface area (Å²) in [7, 11) is 1.68. The van der Waals surface area contributed by atoms with Gasteiger partial charge in [0.2, 0.25) is 0 Å². The average Bonchev–Trinajstić information content (AvgIpc) is 2.19. The van der Waals surface area contributed by atoms with Crippen LogP contribution < -0.4 is 5.73 Å². The Morgan fingerprint density at radius 1 is 1.40 bits per heavy atom. The zero-order chi connectivity index (χ0) is 11.3. The van der Waals surface area contributed by atoms with Gasteiger partial charge in [0.05, 0.1) is 12.1 Å². The van der Waals surface area contributed by atoms with E-state index in [2.05, 4.69) is 31.2 Å². The first-order valence-corrected chi connectivity index (χ1v) is 5.47. The van der Waals surface area contributed by atoms with Crippen molar-refractivity contribution in [2.24, 2.45) is 5.73 Å². The molecule has 2 nitrogen and oxygen atoms in total. The second-order valence-corrected chi connectivity index (χ2v) is 4.30. The van der Waals surface area contributed by atoms with Gasteiger partial charge < -0.3 is 10.5 Å². The quantitative estimate of drug-likeness (QED) is 0.805. The molecular formula is C13H21NO. The Morgan fingerprint density at radius 3 is 2.73 bits per heavy atom. The van der Waals surface area contributed by atoms with Crippen molar-refractivity contribution in [3.05, 3.63) is 35.4 Å². The van der Waals surface area contributed by atoms with E-state index in [1.165, 1.54) is 5.56 Å². The van der Waals surface area contributed by atoms with Gasteiger partial charge in [-0.2, -0.15) is 0 Å². The molecule has 0 bridgehead atoms. The van der Waals surface area contributed by atoms with Crippen LogP contribution in [0.2, 0.25) is 0 Å². The van der Waals surface area contributed by atoms with Gasteiger partial charge >= 0.3 is 0 Å². The molecule has 0 saturated heterocycles. The molecule has 1 unspecified atom stereocenters. The van der Waals surface area contributed by atoms with Gasteiger partial charge in [-0.05, 0) is 24.5 Å². The van der Waals surface area contributed by atoms with Crippen molar-refractivity contribution < 1.29 is 4.74 Å². The monoisotopic (exact) mass is 207 g/mol. The van der Waals surface area contributed by atoms with E-state index in [4.69, 9.17) is 10.5 Å². The molecule has 0 aliphatic carbocycles. The molecule has 0 radical (unpaired) electrons. The summed E-state index contributed by atoms with van der Waals surface area (Å²) in [5, 5.41) is 0. The smallest absolute Gasteiger partial charge is 0.0681 e. The first kappa shape index (κ1) is 12.2. The molecule has 15 heavy (non-hydrogen) atoms. The summed E-state index contributed by atoms with van der Waals surface area (Å²) in [6.07, 6.45) is 2.27. The summed E-state index contributed by atoms with van der Waals surface area (Å²) in [5.41, 5.74) is 8.30. The lowest BCUT2D eigenvalue weighted by molar-refractivity contribution is 0.141. The fourth-order valence-corrected chi connectivity index (χ4v) is 1.75. The number of aryl methyl sites for hydroxylation is 1. The zero-order valence-electron chi connectivity index (χ0n) is 9.92. The summed E-state index contributed by atoms with van der Waals surface area (Å²) in [5.74, 6) is 0. The third-order valence-corrected chi connectivity index (χ3v) is 2.57. The van der Waals surface area contributed by atoms with Gasteiger partial charge in [-0.1, -0.05) is 37.6 Å². The molecule has 1 aromatic rings. The van der Waals surface area contributed by atoms with E-state index in [9.17, 15) is 0 Å². The van der Waals surface area contributed by atoms with E-state index in [0.717, 1.165) is 18.4 Å². The van der Waals surface area contributed by atoms with Crippen LogP contribution in [0.15, 0.2) is 24.3 Å². The average molecular weight is 207 g/mol. The molecule has 1 aromatic carbocycles. The first-order valence-electron chi connectivity index (χ1n) is 5.47. The van der Waals surface area contributed by atoms with Crippen LogP contribution in [0.25, 0.3) is 0 Å². The number of ether oxygens (including phenoxy) is 1. The number of nitrogens with two attached hydrogens (primary N) is 1. The normalized spacial score (nSPS) is 14.9. The number of benzene rings is 1. The van der Waals surface area contributed by atoms with Crippen molar-refractivity contribution >= 4 is 0 Å². The lowest BCUT2D eigenvalue weighted by Gasteiger charge is -2.24. The fraction of sp³-hybridized carbons (Fsp3) is 0.538. The van der Waals surface area contributed by atoms with Crippen LogP contribution >= 0.6 is 0 Å². The Morgan fingerprint density at radius 2 is 2.13 bits per heavy atom. The highest BCUT2D eigenvalue weighted by atomic mass is 16.5. The van der Waals surface area contributed by atoms with Crippen molar-refractivity contribution in [1.82, 2.24) is 0 Å². The van der Waals surface area contributed by atoms with Gasteiger partial charge in [0.1, 0.15) is 0 Å². The second kappa shape index (κ2) is 5.29. The fourth-order valence-electron chi connectivity index (χ4n) is 1.75. The van der Waals surface area contributed by atoms with Crippen LogP contribution in [0.5, 0.6) is 0 Å². The maximum Gasteiger partial charge on any atom is 0.0681 e. The van der Waals surface area contributed by atoms with Crippen molar-refractivity contribution in [2.45, 2.75) is 32.2 Å². The van der Waals surface area contributed by atoms with Gasteiger partial charge in [-0.15, -0.1) is 0 Å². The Kier molecular flexibility index (Phi) is 4.30. The molecule has 1 rings (SSSR count). The number of rotatable bonds is 5. The second-order valence-electron chi connectivity index (χ2n) is 4.30. The van der Waals surface area contributed by atoms with Gasteiger partial charge in [0.15, 0.2) is 0 Å². The molecule has 0 amide bonds. The predicted octanol–water partition coefficient (Wildman–Crippen LogP) is 2.46. The summed E-state index contributed by atoms with van der Waals surface area (Å²) in [6, 6.07) is 8.47. The largest absolute Gasteiger partial charge is 0.382 e. The Labute approximate surface area is 92.4 Å². The van der Waals surface area contributed by atoms with Crippen molar-refractivity contribution in [1.29, 1.82) is 0 Å². The van der Waals surface area contributed by atoms with Crippen molar-refractivity contribution in [3.63, 3.8) is 0 Å². The maximum absolute atomic E-state index is 6.19. The highest BCUT2D eigenvalue weighted by molar-refractivity contribution is 5.29. The molecule has 0 fully saturated rings. The standard InChI is InChI=1S/C13H21NO/c1-4-6-11-7-5-8-12(9-11)13(2,14)10-15-3/h5,7-9H,4,6,10,14H2,1-3H3.